The van der Waals surface area contributed by atoms with Crippen molar-refractivity contribution in [2.24, 2.45) is 0 Å². The number of hydrogen-bond donors (Lipinski definition) is 0. The molecule has 7 aromatic rings. The van der Waals surface area contributed by atoms with E-state index in [0.717, 1.165) is 30.6 Å². The van der Waals surface area contributed by atoms with Crippen molar-refractivity contribution >= 4 is 48.6 Å². The number of rotatable bonds is 10. The van der Waals surface area contributed by atoms with Crippen LogP contribution in [0.1, 0.15) is 18.4 Å². The van der Waals surface area contributed by atoms with Crippen LogP contribution in [0.5, 0.6) is 0 Å². The average molecular weight is 674 g/mol. The summed E-state index contributed by atoms with van der Waals surface area (Å²) in [6.45, 7) is 4.03. The molecule has 2 heteroatoms. The molecule has 0 unspecified atom stereocenters. The van der Waals surface area contributed by atoms with Crippen LogP contribution in [0.3, 0.4) is 0 Å². The summed E-state index contributed by atoms with van der Waals surface area (Å²) < 4.78 is 2.60. The molecule has 0 saturated carbocycles. The van der Waals surface area contributed by atoms with Gasteiger partial charge in [-0.2, -0.15) is 0 Å². The maximum absolute atomic E-state index is 4.03. The van der Waals surface area contributed by atoms with Crippen molar-refractivity contribution in [3.05, 3.63) is 211 Å². The summed E-state index contributed by atoms with van der Waals surface area (Å²) in [5, 5.41) is 2.60. The van der Waals surface area contributed by atoms with Gasteiger partial charge in [0.25, 0.3) is 0 Å². The molecule has 8 rings (SSSR count). The van der Waals surface area contributed by atoms with E-state index in [1.165, 1.54) is 64.8 Å². The Balaban J connectivity index is 1.12. The van der Waals surface area contributed by atoms with Gasteiger partial charge in [0.1, 0.15) is 0 Å². The third-order valence-electron chi connectivity index (χ3n) is 9.56. The second-order valence-corrected chi connectivity index (χ2v) is 13.9. The van der Waals surface area contributed by atoms with Crippen LogP contribution in [0.2, 0.25) is 0 Å². The van der Waals surface area contributed by atoms with Gasteiger partial charge in [0.2, 0.25) is 0 Å². The summed E-state index contributed by atoms with van der Waals surface area (Å²) >= 11 is 1.87. The average Bonchev–Trinajstić information content (AvgIpc) is 3.59. The summed E-state index contributed by atoms with van der Waals surface area (Å²) in [4.78, 5) is 2.41. The van der Waals surface area contributed by atoms with Gasteiger partial charge in [-0.25, -0.2) is 0 Å². The number of benzene rings is 6. The van der Waals surface area contributed by atoms with Crippen molar-refractivity contribution in [1.29, 1.82) is 0 Å². The monoisotopic (exact) mass is 673 g/mol. The molecule has 0 spiro atoms. The van der Waals surface area contributed by atoms with Crippen molar-refractivity contribution in [3.63, 3.8) is 0 Å². The van der Waals surface area contributed by atoms with Crippen molar-refractivity contribution in [2.45, 2.75) is 19.3 Å². The summed E-state index contributed by atoms with van der Waals surface area (Å²) in [6, 6.07) is 52.9. The molecule has 1 aliphatic carbocycles. The van der Waals surface area contributed by atoms with Crippen LogP contribution >= 0.6 is 11.3 Å². The lowest BCUT2D eigenvalue weighted by Crippen LogP contribution is -2.10. The molecule has 6 aromatic carbocycles. The maximum atomic E-state index is 4.03. The van der Waals surface area contributed by atoms with E-state index in [0.29, 0.717) is 0 Å². The number of fused-ring (bicyclic) bond motifs is 3. The Labute approximate surface area is 305 Å². The minimum atomic E-state index is 0.860. The SMILES string of the molecule is C=C/C(=C\C=C/Cc1ccc(N(c2ccc(-c3cccc(-c4ccccc4)c3)cc2)c2cccc3c2sc2ccccc23)cc1)C1=CCCC=C1. The molecule has 0 N–H and O–H groups in total. The van der Waals surface area contributed by atoms with Crippen molar-refractivity contribution < 1.29 is 0 Å². The Morgan fingerprint density at radius 3 is 2.06 bits per heavy atom. The summed E-state index contributed by atoms with van der Waals surface area (Å²) in [7, 11) is 0. The molecular formula is C49H39NS. The molecule has 0 fully saturated rings. The molecule has 0 saturated heterocycles. The molecular weight excluding hydrogens is 635 g/mol. The Hall–Kier alpha value is -5.96. The Kier molecular flexibility index (Phi) is 9.41. The fourth-order valence-electron chi connectivity index (χ4n) is 6.91. The zero-order valence-corrected chi connectivity index (χ0v) is 29.4. The molecule has 0 amide bonds. The molecule has 246 valence electrons. The van der Waals surface area contributed by atoms with Crippen molar-refractivity contribution in [1.82, 2.24) is 0 Å². The topological polar surface area (TPSA) is 3.24 Å². The van der Waals surface area contributed by atoms with Crippen LogP contribution < -0.4 is 4.90 Å². The summed E-state index contributed by atoms with van der Waals surface area (Å²) in [5.41, 5.74) is 12.0. The normalized spacial score (nSPS) is 13.2. The van der Waals surface area contributed by atoms with E-state index in [9.17, 15) is 0 Å². The van der Waals surface area contributed by atoms with E-state index in [1.807, 2.05) is 17.4 Å². The van der Waals surface area contributed by atoms with E-state index >= 15 is 0 Å². The van der Waals surface area contributed by atoms with Crippen LogP contribution in [-0.2, 0) is 6.42 Å². The van der Waals surface area contributed by atoms with Crippen LogP contribution in [-0.4, -0.2) is 0 Å². The third kappa shape index (κ3) is 6.92. The van der Waals surface area contributed by atoms with E-state index in [2.05, 4.69) is 194 Å². The molecule has 1 aliphatic rings. The highest BCUT2D eigenvalue weighted by atomic mass is 32.1. The van der Waals surface area contributed by atoms with E-state index in [-0.39, 0.29) is 0 Å². The fraction of sp³-hybridized carbons (Fsp3) is 0.0612. The fourth-order valence-corrected chi connectivity index (χ4v) is 8.12. The van der Waals surface area contributed by atoms with E-state index in [1.54, 1.807) is 0 Å². The Bertz CT molecular complexity index is 2440. The van der Waals surface area contributed by atoms with Crippen LogP contribution in [0.4, 0.5) is 17.1 Å². The van der Waals surface area contributed by atoms with Gasteiger partial charge in [0.05, 0.1) is 10.4 Å². The number of hydrogen-bond acceptors (Lipinski definition) is 2. The van der Waals surface area contributed by atoms with Crippen molar-refractivity contribution in [2.75, 3.05) is 4.90 Å². The lowest BCUT2D eigenvalue weighted by molar-refractivity contribution is 1.02. The number of thiophene rings is 1. The second kappa shape index (κ2) is 14.9. The first-order valence-corrected chi connectivity index (χ1v) is 18.5. The quantitative estimate of drug-likeness (QED) is 0.131. The van der Waals surface area contributed by atoms with Crippen LogP contribution in [0.15, 0.2) is 206 Å². The first-order chi connectivity index (χ1) is 25.2. The van der Waals surface area contributed by atoms with E-state index in [4.69, 9.17) is 0 Å². The molecule has 51 heavy (non-hydrogen) atoms. The van der Waals surface area contributed by atoms with Gasteiger partial charge < -0.3 is 4.90 Å². The van der Waals surface area contributed by atoms with Gasteiger partial charge in [0, 0.05) is 26.8 Å². The van der Waals surface area contributed by atoms with Gasteiger partial charge >= 0.3 is 0 Å². The zero-order valence-electron chi connectivity index (χ0n) is 28.6. The summed E-state index contributed by atoms with van der Waals surface area (Å²) in [5.74, 6) is 0. The predicted molar refractivity (Wildman–Crippen MR) is 222 cm³/mol. The molecule has 0 bridgehead atoms. The number of anilines is 3. The van der Waals surface area contributed by atoms with Gasteiger partial charge in [-0.1, -0.05) is 152 Å². The largest absolute Gasteiger partial charge is 0.309 e. The van der Waals surface area contributed by atoms with Gasteiger partial charge in [-0.15, -0.1) is 11.3 Å². The first-order valence-electron chi connectivity index (χ1n) is 17.7. The van der Waals surface area contributed by atoms with E-state index < -0.39 is 0 Å². The number of nitrogens with zero attached hydrogens (tertiary/aromatic N) is 1. The molecule has 0 atom stereocenters. The lowest BCUT2D eigenvalue weighted by atomic mass is 9.99. The molecule has 1 nitrogen and oxygen atoms in total. The van der Waals surface area contributed by atoms with Crippen molar-refractivity contribution in [3.8, 4) is 22.3 Å². The summed E-state index contributed by atoms with van der Waals surface area (Å²) in [6.07, 6.45) is 18.3. The maximum Gasteiger partial charge on any atom is 0.0640 e. The van der Waals surface area contributed by atoms with Crippen LogP contribution in [0.25, 0.3) is 42.4 Å². The minimum Gasteiger partial charge on any atom is -0.309 e. The second-order valence-electron chi connectivity index (χ2n) is 12.8. The standard InChI is InChI=1S/C49H39NS/c1-2-37(38-17-5-3-6-18-38)16-10-9-15-36-27-31-43(32-28-36)50(47-25-14-24-46-45-23-11-12-26-48(45)51-49(46)47)44-33-29-40(30-34-44)42-22-13-21-41(35-42)39-19-7-4-8-20-39/h2,4-5,7-14,16-35H,1,3,6,15H2/b10-9-,37-16+. The molecule has 1 aromatic heterocycles. The highest BCUT2D eigenvalue weighted by Crippen LogP contribution is 2.45. The Morgan fingerprint density at radius 1 is 0.647 bits per heavy atom. The smallest absolute Gasteiger partial charge is 0.0640 e. The van der Waals surface area contributed by atoms with Crippen LogP contribution in [0, 0.1) is 0 Å². The number of allylic oxidation sites excluding steroid dienone is 9. The van der Waals surface area contributed by atoms with Gasteiger partial charge in [-0.3, -0.25) is 0 Å². The molecule has 0 aliphatic heterocycles. The first kappa shape index (κ1) is 32.3. The Morgan fingerprint density at radius 2 is 1.31 bits per heavy atom. The molecule has 1 heterocycles. The third-order valence-corrected chi connectivity index (χ3v) is 10.8. The molecule has 0 radical (unpaired) electrons. The van der Waals surface area contributed by atoms with Gasteiger partial charge in [-0.05, 0) is 101 Å². The minimum absolute atomic E-state index is 0.860. The predicted octanol–water partition coefficient (Wildman–Crippen LogP) is 14.3. The highest BCUT2D eigenvalue weighted by molar-refractivity contribution is 7.26. The highest BCUT2D eigenvalue weighted by Gasteiger charge is 2.18. The lowest BCUT2D eigenvalue weighted by Gasteiger charge is -2.26. The zero-order chi connectivity index (χ0) is 34.4. The van der Waals surface area contributed by atoms with Gasteiger partial charge in [0.15, 0.2) is 0 Å².